The molecular formula is C29H28F2N6O3S. The molecule has 1 aliphatic heterocycles. The number of halogens is 2. The summed E-state index contributed by atoms with van der Waals surface area (Å²) in [5.74, 6) is 0.115. The molecule has 1 saturated heterocycles. The molecule has 5 aromatic rings. The molecule has 2 aromatic heterocycles. The third-order valence-corrected chi connectivity index (χ3v) is 8.49. The Morgan fingerprint density at radius 3 is 2.63 bits per heavy atom. The van der Waals surface area contributed by atoms with Crippen molar-refractivity contribution in [3.8, 4) is 22.5 Å². The number of morpholine rings is 1. The average molecular weight is 579 g/mol. The molecule has 0 amide bonds. The average Bonchev–Trinajstić information content (AvgIpc) is 3.46. The summed E-state index contributed by atoms with van der Waals surface area (Å²) in [7, 11) is -3.90. The lowest BCUT2D eigenvalue weighted by molar-refractivity contribution is 0.122. The molecule has 2 N–H and O–H groups in total. The first kappa shape index (κ1) is 27.0. The standard InChI is InChI=1S/C29H28F2N6O3S/c1-18-15-19(20-5-2-8-25(26(20)31)36-41(38,39)14-4-9-30)16-22-27(18)33-28(34-29(22)37-10-12-40-13-11-37)21-6-3-7-24-23(21)17-32-35-24/h2-3,5-8,15-17,36H,4,9-14H2,1H3,(H,32,35). The fraction of sp³-hybridized carbons (Fsp3) is 0.276. The van der Waals surface area contributed by atoms with E-state index in [1.54, 1.807) is 18.3 Å². The molecule has 6 rings (SSSR count). The Morgan fingerprint density at radius 2 is 1.83 bits per heavy atom. The van der Waals surface area contributed by atoms with E-state index in [0.717, 1.165) is 32.9 Å². The molecular weight excluding hydrogens is 550 g/mol. The summed E-state index contributed by atoms with van der Waals surface area (Å²) >= 11 is 0. The monoisotopic (exact) mass is 578 g/mol. The highest BCUT2D eigenvalue weighted by atomic mass is 32.2. The number of ether oxygens (including phenoxy) is 1. The largest absolute Gasteiger partial charge is 0.378 e. The molecule has 1 aliphatic rings. The Morgan fingerprint density at radius 1 is 1.05 bits per heavy atom. The molecule has 3 aromatic carbocycles. The molecule has 0 aliphatic carbocycles. The summed E-state index contributed by atoms with van der Waals surface area (Å²) in [6.07, 6.45) is 1.59. The molecule has 0 unspecified atom stereocenters. The SMILES string of the molecule is Cc1cc(-c2cccc(NS(=O)(=O)CCCF)c2F)cc2c(N3CCOCC3)nc(-c3cccc4[nH]ncc34)nc12. The van der Waals surface area contributed by atoms with Crippen LogP contribution in [0.4, 0.5) is 20.3 Å². The number of benzene rings is 3. The minimum absolute atomic E-state index is 0.165. The van der Waals surface area contributed by atoms with Crippen molar-refractivity contribution in [1.29, 1.82) is 0 Å². The second-order valence-electron chi connectivity index (χ2n) is 9.93. The van der Waals surface area contributed by atoms with Crippen LogP contribution in [-0.4, -0.2) is 67.3 Å². The van der Waals surface area contributed by atoms with Gasteiger partial charge in [0.1, 0.15) is 5.82 Å². The summed E-state index contributed by atoms with van der Waals surface area (Å²) < 4.78 is 60.8. The quantitative estimate of drug-likeness (QED) is 0.259. The Kier molecular flexibility index (Phi) is 7.26. The molecule has 0 spiro atoms. The number of fused-ring (bicyclic) bond motifs is 2. The van der Waals surface area contributed by atoms with Gasteiger partial charge < -0.3 is 9.64 Å². The van der Waals surface area contributed by atoms with E-state index in [2.05, 4.69) is 19.8 Å². The normalized spacial score (nSPS) is 14.2. The summed E-state index contributed by atoms with van der Waals surface area (Å²) in [6, 6.07) is 14.0. The Bertz CT molecular complexity index is 1860. The van der Waals surface area contributed by atoms with Crippen molar-refractivity contribution in [2.75, 3.05) is 48.4 Å². The number of hydrogen-bond donors (Lipinski definition) is 2. The molecule has 0 saturated carbocycles. The van der Waals surface area contributed by atoms with Crippen LogP contribution in [0.25, 0.3) is 44.3 Å². The number of rotatable bonds is 8. The first-order valence-corrected chi connectivity index (χ1v) is 14.9. The minimum Gasteiger partial charge on any atom is -0.378 e. The topological polar surface area (TPSA) is 113 Å². The van der Waals surface area contributed by atoms with Crippen molar-refractivity contribution in [3.63, 3.8) is 0 Å². The van der Waals surface area contributed by atoms with Crippen LogP contribution in [0, 0.1) is 12.7 Å². The van der Waals surface area contributed by atoms with E-state index in [9.17, 15) is 12.8 Å². The van der Waals surface area contributed by atoms with E-state index in [0.29, 0.717) is 43.5 Å². The molecule has 0 radical (unpaired) electrons. The van der Waals surface area contributed by atoms with Crippen LogP contribution in [0.2, 0.25) is 0 Å². The zero-order chi connectivity index (χ0) is 28.6. The van der Waals surface area contributed by atoms with Gasteiger partial charge in [-0.3, -0.25) is 14.2 Å². The summed E-state index contributed by atoms with van der Waals surface area (Å²) in [5, 5.41) is 8.82. The summed E-state index contributed by atoms with van der Waals surface area (Å²) in [5.41, 5.74) is 3.85. The molecule has 9 nitrogen and oxygen atoms in total. The van der Waals surface area contributed by atoms with Gasteiger partial charge in [-0.05, 0) is 48.7 Å². The van der Waals surface area contributed by atoms with Crippen molar-refractivity contribution in [2.24, 2.45) is 0 Å². The van der Waals surface area contributed by atoms with E-state index in [1.807, 2.05) is 37.3 Å². The van der Waals surface area contributed by atoms with Crippen LogP contribution < -0.4 is 9.62 Å². The van der Waals surface area contributed by atoms with Gasteiger partial charge in [-0.25, -0.2) is 22.8 Å². The van der Waals surface area contributed by atoms with Gasteiger partial charge in [0.2, 0.25) is 10.0 Å². The number of alkyl halides is 1. The fourth-order valence-corrected chi connectivity index (χ4v) is 6.23. The highest BCUT2D eigenvalue weighted by molar-refractivity contribution is 7.92. The summed E-state index contributed by atoms with van der Waals surface area (Å²) in [4.78, 5) is 12.1. The maximum atomic E-state index is 15.7. The fourth-order valence-electron chi connectivity index (χ4n) is 5.14. The Labute approximate surface area is 235 Å². The first-order chi connectivity index (χ1) is 19.8. The van der Waals surface area contributed by atoms with Crippen LogP contribution in [0.1, 0.15) is 12.0 Å². The van der Waals surface area contributed by atoms with Gasteiger partial charge in [0.15, 0.2) is 11.6 Å². The molecule has 0 bridgehead atoms. The number of anilines is 2. The van der Waals surface area contributed by atoms with Gasteiger partial charge in [0.25, 0.3) is 0 Å². The van der Waals surface area contributed by atoms with Crippen molar-refractivity contribution >= 4 is 43.3 Å². The second-order valence-corrected chi connectivity index (χ2v) is 11.8. The van der Waals surface area contributed by atoms with Crippen LogP contribution in [0.15, 0.2) is 54.7 Å². The molecule has 1 fully saturated rings. The number of H-pyrrole nitrogens is 1. The van der Waals surface area contributed by atoms with Crippen molar-refractivity contribution in [3.05, 3.63) is 66.1 Å². The Balaban J connectivity index is 1.50. The van der Waals surface area contributed by atoms with Gasteiger partial charge in [0.05, 0.1) is 48.6 Å². The number of nitrogens with one attached hydrogen (secondary N) is 2. The van der Waals surface area contributed by atoms with Crippen molar-refractivity contribution < 1.29 is 21.9 Å². The predicted octanol–water partition coefficient (Wildman–Crippen LogP) is 5.23. The maximum Gasteiger partial charge on any atom is 0.232 e. The third kappa shape index (κ3) is 5.32. The zero-order valence-electron chi connectivity index (χ0n) is 22.3. The van der Waals surface area contributed by atoms with Crippen LogP contribution in [0.5, 0.6) is 0 Å². The number of nitrogens with zero attached hydrogens (tertiary/aromatic N) is 4. The van der Waals surface area contributed by atoms with Gasteiger partial charge in [0, 0.05) is 35.0 Å². The van der Waals surface area contributed by atoms with Gasteiger partial charge in [-0.1, -0.05) is 24.3 Å². The Hall–Kier alpha value is -4.16. The number of aryl methyl sites for hydroxylation is 1. The number of aromatic amines is 1. The zero-order valence-corrected chi connectivity index (χ0v) is 23.1. The lowest BCUT2D eigenvalue weighted by Crippen LogP contribution is -2.37. The highest BCUT2D eigenvalue weighted by Crippen LogP contribution is 2.37. The molecule has 41 heavy (non-hydrogen) atoms. The maximum absolute atomic E-state index is 15.7. The van der Waals surface area contributed by atoms with Gasteiger partial charge in [-0.2, -0.15) is 5.10 Å². The van der Waals surface area contributed by atoms with Crippen LogP contribution in [-0.2, 0) is 14.8 Å². The van der Waals surface area contributed by atoms with E-state index in [4.69, 9.17) is 14.7 Å². The van der Waals surface area contributed by atoms with Crippen LogP contribution >= 0.6 is 0 Å². The van der Waals surface area contributed by atoms with Crippen LogP contribution in [0.3, 0.4) is 0 Å². The predicted molar refractivity (Wildman–Crippen MR) is 156 cm³/mol. The number of aromatic nitrogens is 4. The number of hydrogen-bond acceptors (Lipinski definition) is 7. The number of sulfonamides is 1. The lowest BCUT2D eigenvalue weighted by Gasteiger charge is -2.29. The van der Waals surface area contributed by atoms with Gasteiger partial charge >= 0.3 is 0 Å². The molecule has 0 atom stereocenters. The first-order valence-electron chi connectivity index (χ1n) is 13.3. The van der Waals surface area contributed by atoms with Crippen molar-refractivity contribution in [2.45, 2.75) is 13.3 Å². The van der Waals surface area contributed by atoms with Crippen molar-refractivity contribution in [1.82, 2.24) is 20.2 Å². The molecule has 212 valence electrons. The highest BCUT2D eigenvalue weighted by Gasteiger charge is 2.22. The van der Waals surface area contributed by atoms with Gasteiger partial charge in [-0.15, -0.1) is 0 Å². The van der Waals surface area contributed by atoms with E-state index >= 15 is 4.39 Å². The third-order valence-electron chi connectivity index (χ3n) is 7.13. The van der Waals surface area contributed by atoms with E-state index in [-0.39, 0.29) is 17.7 Å². The van der Waals surface area contributed by atoms with E-state index < -0.39 is 28.3 Å². The molecule has 12 heteroatoms. The second kappa shape index (κ2) is 11.0. The molecule has 3 heterocycles. The minimum atomic E-state index is -3.90. The smallest absolute Gasteiger partial charge is 0.232 e. The van der Waals surface area contributed by atoms with E-state index in [1.165, 1.54) is 6.07 Å². The lowest BCUT2D eigenvalue weighted by atomic mass is 9.98. The summed E-state index contributed by atoms with van der Waals surface area (Å²) in [6.45, 7) is 3.51.